The van der Waals surface area contributed by atoms with Gasteiger partial charge in [0.05, 0.1) is 11.5 Å². The molecule has 0 N–H and O–H groups in total. The normalized spacial score (nSPS) is 29.9. The zero-order valence-electron chi connectivity index (χ0n) is 10.8. The lowest BCUT2D eigenvalue weighted by Crippen LogP contribution is -2.26. The quantitative estimate of drug-likeness (QED) is 0.639. The lowest BCUT2D eigenvalue weighted by molar-refractivity contribution is 0.0890. The minimum atomic E-state index is -0.0707. The van der Waals surface area contributed by atoms with E-state index >= 15 is 0 Å². The molecule has 0 unspecified atom stereocenters. The number of nitriles is 1. The minimum Gasteiger partial charge on any atom is -0.381 e. The monoisotopic (exact) mass is 223 g/mol. The molecule has 0 spiro atoms. The van der Waals surface area contributed by atoms with E-state index in [2.05, 4.69) is 19.9 Å². The molecule has 1 fully saturated rings. The second-order valence-corrected chi connectivity index (χ2v) is 5.29. The molecule has 0 aromatic rings. The van der Waals surface area contributed by atoms with Gasteiger partial charge >= 0.3 is 0 Å². The Morgan fingerprint density at radius 1 is 1.31 bits per heavy atom. The SMILES string of the molecule is CCCCOCCC1(C#N)CCC(C)CC1. The number of ether oxygens (including phenoxy) is 1. The van der Waals surface area contributed by atoms with Crippen LogP contribution in [-0.4, -0.2) is 13.2 Å². The Labute approximate surface area is 100.0 Å². The van der Waals surface area contributed by atoms with Crippen molar-refractivity contribution < 1.29 is 4.74 Å². The van der Waals surface area contributed by atoms with E-state index in [0.29, 0.717) is 0 Å². The topological polar surface area (TPSA) is 33.0 Å². The van der Waals surface area contributed by atoms with Crippen molar-refractivity contribution in [2.45, 2.75) is 58.8 Å². The van der Waals surface area contributed by atoms with Crippen LogP contribution in [-0.2, 0) is 4.74 Å². The molecule has 0 aromatic heterocycles. The largest absolute Gasteiger partial charge is 0.381 e. The molecule has 0 amide bonds. The third kappa shape index (κ3) is 4.14. The van der Waals surface area contributed by atoms with Crippen molar-refractivity contribution in [1.29, 1.82) is 5.26 Å². The number of unbranched alkanes of at least 4 members (excludes halogenated alkanes) is 1. The first-order valence-corrected chi connectivity index (χ1v) is 6.71. The molecule has 16 heavy (non-hydrogen) atoms. The van der Waals surface area contributed by atoms with E-state index in [9.17, 15) is 5.26 Å². The molecule has 0 radical (unpaired) electrons. The second-order valence-electron chi connectivity index (χ2n) is 5.29. The maximum absolute atomic E-state index is 9.32. The van der Waals surface area contributed by atoms with Crippen molar-refractivity contribution >= 4 is 0 Å². The molecule has 2 heteroatoms. The summed E-state index contributed by atoms with van der Waals surface area (Å²) >= 11 is 0. The fourth-order valence-corrected chi connectivity index (χ4v) is 2.35. The van der Waals surface area contributed by atoms with Crippen molar-refractivity contribution in [3.05, 3.63) is 0 Å². The molecule has 92 valence electrons. The van der Waals surface area contributed by atoms with Crippen molar-refractivity contribution in [1.82, 2.24) is 0 Å². The van der Waals surface area contributed by atoms with E-state index in [1.807, 2.05) is 0 Å². The highest BCUT2D eigenvalue weighted by molar-refractivity contribution is 5.01. The van der Waals surface area contributed by atoms with Gasteiger partial charge in [0.2, 0.25) is 0 Å². The smallest absolute Gasteiger partial charge is 0.0690 e. The van der Waals surface area contributed by atoms with Gasteiger partial charge in [0, 0.05) is 13.2 Å². The Bertz CT molecular complexity index is 223. The van der Waals surface area contributed by atoms with Gasteiger partial charge in [-0.05, 0) is 44.4 Å². The Kier molecular flexibility index (Phi) is 5.84. The molecule has 1 aliphatic carbocycles. The van der Waals surface area contributed by atoms with Crippen molar-refractivity contribution in [2.75, 3.05) is 13.2 Å². The first-order valence-electron chi connectivity index (χ1n) is 6.71. The molecule has 0 aliphatic heterocycles. The van der Waals surface area contributed by atoms with Gasteiger partial charge in [-0.1, -0.05) is 20.3 Å². The standard InChI is InChI=1S/C14H25NO/c1-3-4-10-16-11-9-14(12-15)7-5-13(2)6-8-14/h13H,3-11H2,1-2H3. The molecule has 0 aromatic carbocycles. The van der Waals surface area contributed by atoms with E-state index in [-0.39, 0.29) is 5.41 Å². The zero-order chi connectivity index (χ0) is 11.9. The molecule has 1 saturated carbocycles. The Morgan fingerprint density at radius 3 is 2.56 bits per heavy atom. The second kappa shape index (κ2) is 6.91. The molecule has 0 bridgehead atoms. The van der Waals surface area contributed by atoms with Crippen LogP contribution in [0.3, 0.4) is 0 Å². The predicted molar refractivity (Wildman–Crippen MR) is 66.0 cm³/mol. The van der Waals surface area contributed by atoms with Crippen LogP contribution in [0.25, 0.3) is 0 Å². The molecular formula is C14H25NO. The Balaban J connectivity index is 2.24. The first-order chi connectivity index (χ1) is 7.72. The third-order valence-electron chi connectivity index (χ3n) is 3.84. The number of rotatable bonds is 6. The number of nitrogens with zero attached hydrogens (tertiary/aromatic N) is 1. The lowest BCUT2D eigenvalue weighted by Gasteiger charge is -2.33. The van der Waals surface area contributed by atoms with Crippen LogP contribution in [0.4, 0.5) is 0 Å². The van der Waals surface area contributed by atoms with E-state index in [1.165, 1.54) is 19.3 Å². The molecule has 0 heterocycles. The lowest BCUT2D eigenvalue weighted by atomic mass is 9.70. The van der Waals surface area contributed by atoms with E-state index in [0.717, 1.165) is 44.8 Å². The summed E-state index contributed by atoms with van der Waals surface area (Å²) in [5, 5.41) is 9.32. The van der Waals surface area contributed by atoms with Crippen LogP contribution in [0.1, 0.15) is 58.8 Å². The van der Waals surface area contributed by atoms with Crippen LogP contribution in [0.5, 0.6) is 0 Å². The van der Waals surface area contributed by atoms with Gasteiger partial charge in [-0.3, -0.25) is 0 Å². The maximum Gasteiger partial charge on any atom is 0.0690 e. The predicted octanol–water partition coefficient (Wildman–Crippen LogP) is 3.91. The van der Waals surface area contributed by atoms with Crippen LogP contribution < -0.4 is 0 Å². The van der Waals surface area contributed by atoms with Gasteiger partial charge < -0.3 is 4.74 Å². The summed E-state index contributed by atoms with van der Waals surface area (Å²) in [6, 6.07) is 2.55. The highest BCUT2D eigenvalue weighted by atomic mass is 16.5. The molecule has 1 aliphatic rings. The highest BCUT2D eigenvalue weighted by Gasteiger charge is 2.33. The van der Waals surface area contributed by atoms with Crippen LogP contribution in [0.2, 0.25) is 0 Å². The summed E-state index contributed by atoms with van der Waals surface area (Å²) in [7, 11) is 0. The fraction of sp³-hybridized carbons (Fsp3) is 0.929. The number of hydrogen-bond acceptors (Lipinski definition) is 2. The Hall–Kier alpha value is -0.550. The van der Waals surface area contributed by atoms with E-state index < -0.39 is 0 Å². The summed E-state index contributed by atoms with van der Waals surface area (Å²) < 4.78 is 5.58. The van der Waals surface area contributed by atoms with Gasteiger partial charge in [0.1, 0.15) is 0 Å². The fourth-order valence-electron chi connectivity index (χ4n) is 2.35. The molecule has 2 nitrogen and oxygen atoms in total. The summed E-state index contributed by atoms with van der Waals surface area (Å²) in [5.74, 6) is 0.808. The summed E-state index contributed by atoms with van der Waals surface area (Å²) in [4.78, 5) is 0. The van der Waals surface area contributed by atoms with E-state index in [4.69, 9.17) is 4.74 Å². The van der Waals surface area contributed by atoms with Crippen molar-refractivity contribution in [3.63, 3.8) is 0 Å². The van der Waals surface area contributed by atoms with Gasteiger partial charge in [-0.25, -0.2) is 0 Å². The average Bonchev–Trinajstić information content (AvgIpc) is 2.32. The Morgan fingerprint density at radius 2 is 2.00 bits per heavy atom. The average molecular weight is 223 g/mol. The summed E-state index contributed by atoms with van der Waals surface area (Å²) in [5.41, 5.74) is -0.0707. The first kappa shape index (κ1) is 13.5. The zero-order valence-corrected chi connectivity index (χ0v) is 10.8. The van der Waals surface area contributed by atoms with Crippen molar-refractivity contribution in [3.8, 4) is 6.07 Å². The van der Waals surface area contributed by atoms with Crippen LogP contribution in [0.15, 0.2) is 0 Å². The van der Waals surface area contributed by atoms with E-state index in [1.54, 1.807) is 0 Å². The van der Waals surface area contributed by atoms with Crippen LogP contribution in [0, 0.1) is 22.7 Å². The van der Waals surface area contributed by atoms with Gasteiger partial charge in [0.15, 0.2) is 0 Å². The maximum atomic E-state index is 9.32. The third-order valence-corrected chi connectivity index (χ3v) is 3.84. The van der Waals surface area contributed by atoms with Crippen molar-refractivity contribution in [2.24, 2.45) is 11.3 Å². The van der Waals surface area contributed by atoms with Gasteiger partial charge in [-0.2, -0.15) is 5.26 Å². The minimum absolute atomic E-state index is 0.0707. The highest BCUT2D eigenvalue weighted by Crippen LogP contribution is 2.40. The molecular weight excluding hydrogens is 198 g/mol. The molecule has 0 atom stereocenters. The molecule has 0 saturated heterocycles. The van der Waals surface area contributed by atoms with Gasteiger partial charge in [-0.15, -0.1) is 0 Å². The number of hydrogen-bond donors (Lipinski definition) is 0. The van der Waals surface area contributed by atoms with Gasteiger partial charge in [0.25, 0.3) is 0 Å². The van der Waals surface area contributed by atoms with Crippen LogP contribution >= 0.6 is 0 Å². The summed E-state index contributed by atoms with van der Waals surface area (Å²) in [6.45, 7) is 6.08. The molecule has 1 rings (SSSR count). The summed E-state index contributed by atoms with van der Waals surface area (Å²) in [6.07, 6.45) is 7.81.